The van der Waals surface area contributed by atoms with Crippen molar-refractivity contribution in [1.82, 2.24) is 19.5 Å². The molecule has 8 heteroatoms. The molecular weight excluding hydrogens is 462 g/mol. The van der Waals surface area contributed by atoms with Crippen LogP contribution in [0, 0.1) is 0 Å². The topological polar surface area (TPSA) is 75.7 Å². The summed E-state index contributed by atoms with van der Waals surface area (Å²) >= 11 is 6.35. The quantitative estimate of drug-likeness (QED) is 0.311. The number of hydrogen-bond donors (Lipinski definition) is 1. The number of hydrogen-bond acceptors (Lipinski definition) is 5. The zero-order chi connectivity index (χ0) is 24.2. The van der Waals surface area contributed by atoms with Crippen LogP contribution in [-0.2, 0) is 13.0 Å². The first-order chi connectivity index (χ1) is 17.1. The van der Waals surface area contributed by atoms with Gasteiger partial charge in [-0.3, -0.25) is 4.79 Å². The van der Waals surface area contributed by atoms with Crippen molar-refractivity contribution in [3.05, 3.63) is 107 Å². The molecule has 0 spiro atoms. The molecule has 5 rings (SSSR count). The molecule has 3 aromatic carbocycles. The molecule has 0 aliphatic heterocycles. The molecule has 0 fully saturated rings. The Hall–Kier alpha value is -4.10. The van der Waals surface area contributed by atoms with Crippen molar-refractivity contribution in [2.45, 2.75) is 13.0 Å². The lowest BCUT2D eigenvalue weighted by Gasteiger charge is -2.16. The summed E-state index contributed by atoms with van der Waals surface area (Å²) in [5, 5.41) is 8.52. The maximum absolute atomic E-state index is 13.4. The van der Waals surface area contributed by atoms with Gasteiger partial charge < -0.3 is 14.6 Å². The fourth-order valence-corrected chi connectivity index (χ4v) is 4.04. The Morgan fingerprint density at radius 1 is 1.00 bits per heavy atom. The standard InChI is InChI=1S/C27H24ClN5O2/c1-32(17-16-19-10-4-2-5-11-19)26(34)24-23(18-29-20-12-6-3-7-13-20)33-27(35-24)30-25(31-33)21-14-8-9-15-22(21)28/h2-15,29H,16-18H2,1H3. The lowest BCUT2D eigenvalue weighted by Crippen LogP contribution is -2.29. The van der Waals surface area contributed by atoms with Crippen LogP contribution < -0.4 is 5.32 Å². The Balaban J connectivity index is 1.46. The third-order valence-electron chi connectivity index (χ3n) is 5.76. The van der Waals surface area contributed by atoms with Crippen molar-refractivity contribution in [3.63, 3.8) is 0 Å². The summed E-state index contributed by atoms with van der Waals surface area (Å²) in [6.07, 6.45) is 0.743. The number of para-hydroxylation sites is 1. The molecule has 0 saturated carbocycles. The number of carbonyl (C=O) groups is 1. The summed E-state index contributed by atoms with van der Waals surface area (Å²) in [5.41, 5.74) is 3.37. The number of anilines is 1. The van der Waals surface area contributed by atoms with Gasteiger partial charge in [-0.05, 0) is 36.2 Å². The molecule has 1 amide bonds. The fourth-order valence-electron chi connectivity index (χ4n) is 3.82. The van der Waals surface area contributed by atoms with E-state index in [0.29, 0.717) is 35.2 Å². The SMILES string of the molecule is CN(CCc1ccccc1)C(=O)c1oc2nc(-c3ccccc3Cl)nn2c1CNc1ccccc1. The zero-order valence-electron chi connectivity index (χ0n) is 19.2. The van der Waals surface area contributed by atoms with Gasteiger partial charge in [0.05, 0.1) is 11.6 Å². The van der Waals surface area contributed by atoms with Crippen molar-refractivity contribution in [1.29, 1.82) is 0 Å². The molecule has 1 N–H and O–H groups in total. The number of rotatable bonds is 8. The minimum atomic E-state index is -0.225. The summed E-state index contributed by atoms with van der Waals surface area (Å²) in [6, 6.07) is 27.2. The number of carbonyl (C=O) groups excluding carboxylic acids is 1. The second-order valence-electron chi connectivity index (χ2n) is 8.17. The monoisotopic (exact) mass is 485 g/mol. The highest BCUT2D eigenvalue weighted by atomic mass is 35.5. The number of nitrogens with zero attached hydrogens (tertiary/aromatic N) is 4. The minimum absolute atomic E-state index is 0.213. The molecule has 0 unspecified atom stereocenters. The predicted octanol–water partition coefficient (Wildman–Crippen LogP) is 5.57. The average Bonchev–Trinajstić information content (AvgIpc) is 3.45. The average molecular weight is 486 g/mol. The number of halogens is 1. The Bertz CT molecular complexity index is 1450. The number of fused-ring (bicyclic) bond motifs is 1. The molecule has 0 radical (unpaired) electrons. The van der Waals surface area contributed by atoms with Gasteiger partial charge in [0.1, 0.15) is 5.69 Å². The number of likely N-dealkylation sites (N-methyl/N-ethyl adjacent to an activating group) is 1. The Labute approximate surface area is 208 Å². The van der Waals surface area contributed by atoms with Crippen molar-refractivity contribution in [2.24, 2.45) is 0 Å². The third-order valence-corrected chi connectivity index (χ3v) is 6.09. The van der Waals surface area contributed by atoms with Crippen molar-refractivity contribution >= 4 is 29.0 Å². The Morgan fingerprint density at radius 3 is 2.43 bits per heavy atom. The second-order valence-corrected chi connectivity index (χ2v) is 8.58. The van der Waals surface area contributed by atoms with E-state index in [9.17, 15) is 4.79 Å². The summed E-state index contributed by atoms with van der Waals surface area (Å²) in [7, 11) is 1.77. The summed E-state index contributed by atoms with van der Waals surface area (Å²) < 4.78 is 7.56. The van der Waals surface area contributed by atoms with Gasteiger partial charge in [0.15, 0.2) is 5.82 Å². The summed E-state index contributed by atoms with van der Waals surface area (Å²) in [5.74, 6) is 0.665. The first-order valence-electron chi connectivity index (χ1n) is 11.3. The predicted molar refractivity (Wildman–Crippen MR) is 137 cm³/mol. The van der Waals surface area contributed by atoms with E-state index in [1.165, 1.54) is 5.56 Å². The van der Waals surface area contributed by atoms with E-state index in [1.54, 1.807) is 22.5 Å². The number of oxazole rings is 1. The number of benzene rings is 3. The van der Waals surface area contributed by atoms with Crippen LogP contribution >= 0.6 is 11.6 Å². The van der Waals surface area contributed by atoms with Gasteiger partial charge in [-0.1, -0.05) is 72.3 Å². The van der Waals surface area contributed by atoms with Gasteiger partial charge in [-0.2, -0.15) is 9.50 Å². The van der Waals surface area contributed by atoms with Gasteiger partial charge in [-0.15, -0.1) is 5.10 Å². The van der Waals surface area contributed by atoms with Crippen molar-refractivity contribution in [3.8, 4) is 11.4 Å². The van der Waals surface area contributed by atoms with Crippen LogP contribution in [0.15, 0.2) is 89.3 Å². The van der Waals surface area contributed by atoms with E-state index < -0.39 is 0 Å². The van der Waals surface area contributed by atoms with Crippen LogP contribution in [0.1, 0.15) is 21.8 Å². The molecule has 0 atom stereocenters. The fraction of sp³-hybridized carbons (Fsp3) is 0.148. The smallest absolute Gasteiger partial charge is 0.326 e. The number of aromatic nitrogens is 3. The Morgan fingerprint density at radius 2 is 1.69 bits per heavy atom. The van der Waals surface area contributed by atoms with Gasteiger partial charge in [0, 0.05) is 24.8 Å². The van der Waals surface area contributed by atoms with Crippen LogP contribution in [0.3, 0.4) is 0 Å². The normalized spacial score (nSPS) is 11.0. The number of nitrogens with one attached hydrogen (secondary N) is 1. The lowest BCUT2D eigenvalue weighted by molar-refractivity contribution is 0.0765. The van der Waals surface area contributed by atoms with E-state index in [0.717, 1.165) is 12.1 Å². The third kappa shape index (κ3) is 4.90. The zero-order valence-corrected chi connectivity index (χ0v) is 19.9. The highest BCUT2D eigenvalue weighted by Crippen LogP contribution is 2.27. The number of amides is 1. The molecule has 2 heterocycles. The second kappa shape index (κ2) is 10.0. The van der Waals surface area contributed by atoms with Crippen LogP contribution in [0.4, 0.5) is 5.69 Å². The van der Waals surface area contributed by atoms with Gasteiger partial charge in [0.2, 0.25) is 5.76 Å². The van der Waals surface area contributed by atoms with Crippen molar-refractivity contribution in [2.75, 3.05) is 18.9 Å². The van der Waals surface area contributed by atoms with E-state index >= 15 is 0 Å². The minimum Gasteiger partial charge on any atom is -0.416 e. The van der Waals surface area contributed by atoms with E-state index in [1.807, 2.05) is 66.7 Å². The van der Waals surface area contributed by atoms with Crippen LogP contribution in [0.5, 0.6) is 0 Å². The molecule has 5 aromatic rings. The molecular formula is C27H24ClN5O2. The van der Waals surface area contributed by atoms with E-state index in [-0.39, 0.29) is 17.5 Å². The van der Waals surface area contributed by atoms with E-state index in [4.69, 9.17) is 16.0 Å². The lowest BCUT2D eigenvalue weighted by atomic mass is 10.1. The van der Waals surface area contributed by atoms with Crippen molar-refractivity contribution < 1.29 is 9.21 Å². The molecule has 176 valence electrons. The molecule has 0 saturated heterocycles. The maximum Gasteiger partial charge on any atom is 0.326 e. The summed E-state index contributed by atoms with van der Waals surface area (Å²) in [6.45, 7) is 0.881. The molecule has 0 bridgehead atoms. The maximum atomic E-state index is 13.4. The highest BCUT2D eigenvalue weighted by molar-refractivity contribution is 6.33. The van der Waals surface area contributed by atoms with Gasteiger partial charge in [0.25, 0.3) is 5.91 Å². The molecule has 7 nitrogen and oxygen atoms in total. The van der Waals surface area contributed by atoms with Gasteiger partial charge >= 0.3 is 5.84 Å². The largest absolute Gasteiger partial charge is 0.416 e. The molecule has 0 aliphatic carbocycles. The molecule has 35 heavy (non-hydrogen) atoms. The van der Waals surface area contributed by atoms with E-state index in [2.05, 4.69) is 27.5 Å². The van der Waals surface area contributed by atoms with Crippen LogP contribution in [0.25, 0.3) is 17.2 Å². The van der Waals surface area contributed by atoms with Crippen LogP contribution in [-0.4, -0.2) is 39.0 Å². The highest BCUT2D eigenvalue weighted by Gasteiger charge is 2.26. The molecule has 0 aliphatic rings. The van der Waals surface area contributed by atoms with Crippen LogP contribution in [0.2, 0.25) is 5.02 Å². The van der Waals surface area contributed by atoms with Gasteiger partial charge in [-0.25, -0.2) is 0 Å². The first-order valence-corrected chi connectivity index (χ1v) is 11.7. The first kappa shape index (κ1) is 22.7. The summed E-state index contributed by atoms with van der Waals surface area (Å²) in [4.78, 5) is 19.6. The Kier molecular flexibility index (Phi) is 6.50. The molecule has 2 aromatic heterocycles.